The molecule has 1 rings (SSSR count). The van der Waals surface area contributed by atoms with Crippen molar-refractivity contribution >= 4 is 0 Å². The second-order valence-corrected chi connectivity index (χ2v) is 7.03. The molecule has 1 aliphatic carbocycles. The fourth-order valence-electron chi connectivity index (χ4n) is 3.33. The van der Waals surface area contributed by atoms with Crippen LogP contribution in [0, 0.1) is 5.92 Å². The summed E-state index contributed by atoms with van der Waals surface area (Å²) in [4.78, 5) is 0. The minimum atomic E-state index is 0.876. The topological polar surface area (TPSA) is 9.23 Å². The number of rotatable bonds is 16. The van der Waals surface area contributed by atoms with Crippen LogP contribution in [0.15, 0.2) is 0 Å². The molecule has 0 atom stereocenters. The Labute approximate surface area is 134 Å². The Morgan fingerprint density at radius 3 is 1.57 bits per heavy atom. The van der Waals surface area contributed by atoms with Crippen molar-refractivity contribution < 1.29 is 4.74 Å². The molecule has 1 fully saturated rings. The summed E-state index contributed by atoms with van der Waals surface area (Å²) in [6, 6.07) is 0. The first-order chi connectivity index (χ1) is 10.4. The van der Waals surface area contributed by atoms with Gasteiger partial charge in [-0.1, -0.05) is 96.3 Å². The highest BCUT2D eigenvalue weighted by Crippen LogP contribution is 2.31. The van der Waals surface area contributed by atoms with Crippen LogP contribution in [-0.2, 0) is 4.74 Å². The summed E-state index contributed by atoms with van der Waals surface area (Å²) >= 11 is 0. The van der Waals surface area contributed by atoms with Crippen molar-refractivity contribution in [2.45, 2.75) is 110 Å². The maximum Gasteiger partial charge on any atom is 0.0465 e. The molecule has 21 heavy (non-hydrogen) atoms. The van der Waals surface area contributed by atoms with Gasteiger partial charge in [0.05, 0.1) is 0 Å². The third-order valence-corrected chi connectivity index (χ3v) is 5.08. The van der Waals surface area contributed by atoms with E-state index >= 15 is 0 Å². The number of hydrogen-bond acceptors (Lipinski definition) is 1. The molecule has 1 saturated carbocycles. The quantitative estimate of drug-likeness (QED) is 0.282. The largest absolute Gasteiger partial charge is 0.382 e. The van der Waals surface area contributed by atoms with E-state index in [1.165, 1.54) is 103 Å². The fourth-order valence-corrected chi connectivity index (χ4v) is 3.33. The van der Waals surface area contributed by atoms with Crippen molar-refractivity contribution in [3.8, 4) is 0 Å². The Morgan fingerprint density at radius 2 is 1.14 bits per heavy atom. The second kappa shape index (κ2) is 14.9. The highest BCUT2D eigenvalue weighted by atomic mass is 16.5. The molecule has 1 heteroatoms. The van der Waals surface area contributed by atoms with Crippen LogP contribution < -0.4 is 0 Å². The summed E-state index contributed by atoms with van der Waals surface area (Å²) in [6.45, 7) is 3.92. The number of ether oxygens (including phenoxy) is 1. The van der Waals surface area contributed by atoms with E-state index in [1.54, 1.807) is 0 Å². The van der Waals surface area contributed by atoms with Gasteiger partial charge in [0, 0.05) is 13.2 Å². The normalized spacial score (nSPS) is 15.3. The van der Waals surface area contributed by atoms with Crippen molar-refractivity contribution in [3.05, 3.63) is 0 Å². The molecule has 0 amide bonds. The lowest BCUT2D eigenvalue weighted by atomic mass is 9.81. The molecule has 0 N–H and O–H groups in total. The van der Waals surface area contributed by atoms with Crippen molar-refractivity contribution in [1.29, 1.82) is 0 Å². The lowest BCUT2D eigenvalue weighted by Gasteiger charge is -2.24. The van der Waals surface area contributed by atoms with Crippen molar-refractivity contribution in [2.75, 3.05) is 13.2 Å². The molecule has 0 unspecified atom stereocenters. The first-order valence-electron chi connectivity index (χ1n) is 10.0. The Kier molecular flexibility index (Phi) is 13.5. The molecule has 0 aliphatic heterocycles. The van der Waals surface area contributed by atoms with Gasteiger partial charge in [0.2, 0.25) is 0 Å². The van der Waals surface area contributed by atoms with Crippen molar-refractivity contribution in [1.82, 2.24) is 0 Å². The van der Waals surface area contributed by atoms with Crippen LogP contribution in [0.3, 0.4) is 0 Å². The van der Waals surface area contributed by atoms with Gasteiger partial charge in [-0.2, -0.15) is 0 Å². The Morgan fingerprint density at radius 1 is 0.667 bits per heavy atom. The summed E-state index contributed by atoms with van der Waals surface area (Å²) in [6.07, 6.45) is 23.4. The number of unbranched alkanes of at least 4 members (excludes halogenated alkanes) is 11. The van der Waals surface area contributed by atoms with E-state index in [4.69, 9.17) is 4.74 Å². The fraction of sp³-hybridized carbons (Fsp3) is 1.00. The molecule has 1 nitrogen and oxygen atoms in total. The molecule has 0 aromatic heterocycles. The lowest BCUT2D eigenvalue weighted by Crippen LogP contribution is -2.10. The minimum absolute atomic E-state index is 0.876. The van der Waals surface area contributed by atoms with Gasteiger partial charge < -0.3 is 4.74 Å². The van der Waals surface area contributed by atoms with E-state index in [9.17, 15) is 0 Å². The summed E-state index contributed by atoms with van der Waals surface area (Å²) in [7, 11) is 0. The van der Waals surface area contributed by atoms with Gasteiger partial charge >= 0.3 is 0 Å². The highest BCUT2D eigenvalue weighted by Gasteiger charge is 2.15. The van der Waals surface area contributed by atoms with Gasteiger partial charge in [-0.05, 0) is 19.3 Å². The van der Waals surface area contributed by atoms with E-state index in [0.29, 0.717) is 0 Å². The standard InChI is InChI=1S/C20H40O/c1-2-21-19-14-12-10-8-6-4-3-5-7-9-11-13-16-20-17-15-18-20/h20H,2-19H2,1H3. The van der Waals surface area contributed by atoms with Gasteiger partial charge in [0.15, 0.2) is 0 Å². The van der Waals surface area contributed by atoms with Gasteiger partial charge in [-0.3, -0.25) is 0 Å². The molecule has 1 aliphatic rings. The van der Waals surface area contributed by atoms with Gasteiger partial charge in [-0.15, -0.1) is 0 Å². The smallest absolute Gasteiger partial charge is 0.0465 e. The summed E-state index contributed by atoms with van der Waals surface area (Å²) < 4.78 is 5.36. The van der Waals surface area contributed by atoms with E-state index in [1.807, 2.05) is 0 Å². The first kappa shape index (κ1) is 19.0. The van der Waals surface area contributed by atoms with Crippen molar-refractivity contribution in [2.24, 2.45) is 5.92 Å². The van der Waals surface area contributed by atoms with Crippen LogP contribution in [0.25, 0.3) is 0 Å². The third-order valence-electron chi connectivity index (χ3n) is 5.08. The summed E-state index contributed by atoms with van der Waals surface area (Å²) in [5, 5.41) is 0. The van der Waals surface area contributed by atoms with E-state index in [2.05, 4.69) is 6.92 Å². The monoisotopic (exact) mass is 296 g/mol. The van der Waals surface area contributed by atoms with Crippen LogP contribution in [0.1, 0.15) is 110 Å². The van der Waals surface area contributed by atoms with Gasteiger partial charge in [0.25, 0.3) is 0 Å². The zero-order valence-corrected chi connectivity index (χ0v) is 14.7. The second-order valence-electron chi connectivity index (χ2n) is 7.03. The van der Waals surface area contributed by atoms with Crippen molar-refractivity contribution in [3.63, 3.8) is 0 Å². The molecule has 0 spiro atoms. The molecule has 0 aromatic carbocycles. The third kappa shape index (κ3) is 12.2. The first-order valence-corrected chi connectivity index (χ1v) is 10.0. The molecular weight excluding hydrogens is 256 g/mol. The summed E-state index contributed by atoms with van der Waals surface area (Å²) in [5.74, 6) is 1.12. The zero-order valence-electron chi connectivity index (χ0n) is 14.7. The average Bonchev–Trinajstić information content (AvgIpc) is 2.45. The number of hydrogen-bond donors (Lipinski definition) is 0. The van der Waals surface area contributed by atoms with Crippen LogP contribution in [0.4, 0.5) is 0 Å². The SMILES string of the molecule is CCOCCCCCCCCCCCCCCC1CCC1. The Balaban J connectivity index is 1.61. The van der Waals surface area contributed by atoms with E-state index in [0.717, 1.165) is 19.1 Å². The van der Waals surface area contributed by atoms with Gasteiger partial charge in [0.1, 0.15) is 0 Å². The van der Waals surface area contributed by atoms with E-state index < -0.39 is 0 Å². The highest BCUT2D eigenvalue weighted by molar-refractivity contribution is 4.69. The maximum absolute atomic E-state index is 5.36. The van der Waals surface area contributed by atoms with Crippen LogP contribution in [0.2, 0.25) is 0 Å². The zero-order chi connectivity index (χ0) is 15.0. The van der Waals surface area contributed by atoms with Crippen LogP contribution in [-0.4, -0.2) is 13.2 Å². The van der Waals surface area contributed by atoms with Crippen LogP contribution in [0.5, 0.6) is 0 Å². The Hall–Kier alpha value is -0.0400. The maximum atomic E-state index is 5.36. The molecular formula is C20H40O. The average molecular weight is 297 g/mol. The molecule has 0 heterocycles. The minimum Gasteiger partial charge on any atom is -0.382 e. The Bertz CT molecular complexity index is 198. The predicted octanol–water partition coefficient (Wildman–Crippen LogP) is 6.89. The van der Waals surface area contributed by atoms with E-state index in [-0.39, 0.29) is 0 Å². The summed E-state index contributed by atoms with van der Waals surface area (Å²) in [5.41, 5.74) is 0. The lowest BCUT2D eigenvalue weighted by molar-refractivity contribution is 0.143. The molecule has 0 saturated heterocycles. The van der Waals surface area contributed by atoms with Crippen LogP contribution >= 0.6 is 0 Å². The molecule has 0 radical (unpaired) electrons. The van der Waals surface area contributed by atoms with Gasteiger partial charge in [-0.25, -0.2) is 0 Å². The molecule has 126 valence electrons. The predicted molar refractivity (Wildman–Crippen MR) is 93.9 cm³/mol. The molecule has 0 aromatic rings. The molecule has 0 bridgehead atoms.